The van der Waals surface area contributed by atoms with Gasteiger partial charge in [-0.2, -0.15) is 18.4 Å². The molecule has 2 rings (SSSR count). The van der Waals surface area contributed by atoms with Crippen LogP contribution in [0.3, 0.4) is 0 Å². The normalized spacial score (nSPS) is 14.7. The number of nitrogens with one attached hydrogen (secondary N) is 2. The van der Waals surface area contributed by atoms with Crippen molar-refractivity contribution < 1.29 is 18.0 Å². The maximum atomic E-state index is 12.7. The fourth-order valence-corrected chi connectivity index (χ4v) is 1.68. The van der Waals surface area contributed by atoms with Crippen molar-refractivity contribution in [2.45, 2.75) is 25.1 Å². The molecule has 0 bridgehead atoms. The molecule has 4 nitrogen and oxygen atoms in total. The summed E-state index contributed by atoms with van der Waals surface area (Å²) in [4.78, 5) is 11.5. The Morgan fingerprint density at radius 1 is 1.40 bits per heavy atom. The summed E-state index contributed by atoms with van der Waals surface area (Å²) in [6.45, 7) is 0.0615. The number of benzene rings is 1. The van der Waals surface area contributed by atoms with E-state index in [2.05, 4.69) is 10.6 Å². The molecule has 0 unspecified atom stereocenters. The SMILES string of the molecule is N#Cc1ccc(NC(=O)CNC2CC2)cc1C(F)(F)F. The second kappa shape index (κ2) is 5.51. The number of amides is 1. The third-order valence-corrected chi connectivity index (χ3v) is 2.86. The van der Waals surface area contributed by atoms with Gasteiger partial charge in [0.25, 0.3) is 0 Å². The highest BCUT2D eigenvalue weighted by Gasteiger charge is 2.34. The molecule has 20 heavy (non-hydrogen) atoms. The van der Waals surface area contributed by atoms with Crippen LogP contribution < -0.4 is 10.6 Å². The predicted molar refractivity (Wildman–Crippen MR) is 65.8 cm³/mol. The Labute approximate surface area is 113 Å². The Kier molecular flexibility index (Phi) is 3.95. The van der Waals surface area contributed by atoms with E-state index >= 15 is 0 Å². The quantitative estimate of drug-likeness (QED) is 0.891. The summed E-state index contributed by atoms with van der Waals surface area (Å²) in [5.74, 6) is -0.408. The summed E-state index contributed by atoms with van der Waals surface area (Å²) in [7, 11) is 0. The van der Waals surface area contributed by atoms with Gasteiger partial charge in [0.15, 0.2) is 0 Å². The molecule has 0 heterocycles. The first kappa shape index (κ1) is 14.3. The van der Waals surface area contributed by atoms with Gasteiger partial charge in [-0.05, 0) is 31.0 Å². The molecule has 1 amide bonds. The van der Waals surface area contributed by atoms with E-state index in [4.69, 9.17) is 5.26 Å². The van der Waals surface area contributed by atoms with E-state index in [-0.39, 0.29) is 12.2 Å². The van der Waals surface area contributed by atoms with Crippen LogP contribution in [-0.2, 0) is 11.0 Å². The molecule has 0 aliphatic heterocycles. The lowest BCUT2D eigenvalue weighted by Gasteiger charge is -2.11. The van der Waals surface area contributed by atoms with Crippen molar-refractivity contribution in [3.05, 3.63) is 29.3 Å². The first-order valence-corrected chi connectivity index (χ1v) is 6.04. The molecule has 0 aromatic heterocycles. The van der Waals surface area contributed by atoms with Gasteiger partial charge in [-0.3, -0.25) is 4.79 Å². The van der Waals surface area contributed by atoms with Crippen LogP contribution in [0.4, 0.5) is 18.9 Å². The van der Waals surface area contributed by atoms with Crippen LogP contribution in [0, 0.1) is 11.3 Å². The van der Waals surface area contributed by atoms with Crippen molar-refractivity contribution in [3.63, 3.8) is 0 Å². The smallest absolute Gasteiger partial charge is 0.325 e. The number of nitrogens with zero attached hydrogens (tertiary/aromatic N) is 1. The summed E-state index contributed by atoms with van der Waals surface area (Å²) in [6.07, 6.45) is -2.59. The average molecular weight is 283 g/mol. The Morgan fingerprint density at radius 2 is 2.10 bits per heavy atom. The molecule has 1 aliphatic rings. The van der Waals surface area contributed by atoms with Crippen molar-refractivity contribution in [2.75, 3.05) is 11.9 Å². The summed E-state index contributed by atoms with van der Waals surface area (Å²) in [5, 5.41) is 14.0. The van der Waals surface area contributed by atoms with E-state index in [1.807, 2.05) is 0 Å². The minimum Gasteiger partial charge on any atom is -0.325 e. The van der Waals surface area contributed by atoms with Crippen molar-refractivity contribution in [3.8, 4) is 6.07 Å². The largest absolute Gasteiger partial charge is 0.417 e. The zero-order valence-electron chi connectivity index (χ0n) is 10.4. The lowest BCUT2D eigenvalue weighted by molar-refractivity contribution is -0.137. The van der Waals surface area contributed by atoms with Gasteiger partial charge in [0.05, 0.1) is 23.7 Å². The van der Waals surface area contributed by atoms with Gasteiger partial charge >= 0.3 is 6.18 Å². The lowest BCUT2D eigenvalue weighted by atomic mass is 10.1. The molecule has 0 atom stereocenters. The molecule has 106 valence electrons. The second-order valence-corrected chi connectivity index (χ2v) is 4.57. The Bertz CT molecular complexity index is 559. The van der Waals surface area contributed by atoms with Crippen molar-refractivity contribution in [2.24, 2.45) is 0 Å². The van der Waals surface area contributed by atoms with E-state index in [0.717, 1.165) is 25.0 Å². The van der Waals surface area contributed by atoms with E-state index in [1.165, 1.54) is 12.1 Å². The highest BCUT2D eigenvalue weighted by atomic mass is 19.4. The summed E-state index contributed by atoms with van der Waals surface area (Å²) in [5.41, 5.74) is -1.49. The number of nitriles is 1. The third kappa shape index (κ3) is 3.71. The van der Waals surface area contributed by atoms with Gasteiger partial charge in [0.1, 0.15) is 0 Å². The van der Waals surface area contributed by atoms with Crippen LogP contribution in [-0.4, -0.2) is 18.5 Å². The second-order valence-electron chi connectivity index (χ2n) is 4.57. The van der Waals surface area contributed by atoms with Gasteiger partial charge in [-0.15, -0.1) is 0 Å². The van der Waals surface area contributed by atoms with E-state index in [9.17, 15) is 18.0 Å². The highest BCUT2D eigenvalue weighted by Crippen LogP contribution is 2.33. The molecule has 1 aromatic rings. The van der Waals surface area contributed by atoms with Gasteiger partial charge in [-0.1, -0.05) is 0 Å². The fraction of sp³-hybridized carbons (Fsp3) is 0.385. The molecule has 1 saturated carbocycles. The van der Waals surface area contributed by atoms with Crippen LogP contribution >= 0.6 is 0 Å². The number of halogens is 3. The molecule has 1 fully saturated rings. The molecule has 0 saturated heterocycles. The van der Waals surface area contributed by atoms with Crippen LogP contribution in [0.15, 0.2) is 18.2 Å². The molecular weight excluding hydrogens is 271 g/mol. The summed E-state index contributed by atoms with van der Waals surface area (Å²) in [6, 6.07) is 4.93. The predicted octanol–water partition coefficient (Wildman–Crippen LogP) is 2.27. The number of hydrogen-bond acceptors (Lipinski definition) is 3. The summed E-state index contributed by atoms with van der Waals surface area (Å²) >= 11 is 0. The Morgan fingerprint density at radius 3 is 2.65 bits per heavy atom. The maximum Gasteiger partial charge on any atom is 0.417 e. The molecule has 1 aliphatic carbocycles. The monoisotopic (exact) mass is 283 g/mol. The van der Waals surface area contributed by atoms with Gasteiger partial charge < -0.3 is 10.6 Å². The zero-order chi connectivity index (χ0) is 14.8. The topological polar surface area (TPSA) is 64.9 Å². The third-order valence-electron chi connectivity index (χ3n) is 2.86. The average Bonchev–Trinajstić information content (AvgIpc) is 3.19. The number of carbonyl (C=O) groups is 1. The molecule has 0 radical (unpaired) electrons. The zero-order valence-corrected chi connectivity index (χ0v) is 10.4. The lowest BCUT2D eigenvalue weighted by Crippen LogP contribution is -2.29. The first-order valence-electron chi connectivity index (χ1n) is 6.04. The molecule has 2 N–H and O–H groups in total. The fourth-order valence-electron chi connectivity index (χ4n) is 1.68. The van der Waals surface area contributed by atoms with E-state index < -0.39 is 23.2 Å². The van der Waals surface area contributed by atoms with Crippen LogP contribution in [0.5, 0.6) is 0 Å². The summed E-state index contributed by atoms with van der Waals surface area (Å²) < 4.78 is 38.2. The van der Waals surface area contributed by atoms with E-state index in [1.54, 1.807) is 0 Å². The number of carbonyl (C=O) groups excluding carboxylic acids is 1. The van der Waals surface area contributed by atoms with Crippen LogP contribution in [0.1, 0.15) is 24.0 Å². The van der Waals surface area contributed by atoms with Crippen molar-refractivity contribution in [1.29, 1.82) is 5.26 Å². The standard InChI is InChI=1S/C13H12F3N3O/c14-13(15,16)11-5-10(2-1-8(11)6-17)19-12(20)7-18-9-3-4-9/h1-2,5,9,18H,3-4,7H2,(H,19,20). The van der Waals surface area contributed by atoms with Gasteiger partial charge in [0.2, 0.25) is 5.91 Å². The molecule has 7 heteroatoms. The maximum absolute atomic E-state index is 12.7. The van der Waals surface area contributed by atoms with Crippen molar-refractivity contribution in [1.82, 2.24) is 5.32 Å². The Balaban J connectivity index is 2.08. The van der Waals surface area contributed by atoms with Gasteiger partial charge in [0, 0.05) is 11.7 Å². The van der Waals surface area contributed by atoms with Crippen LogP contribution in [0.2, 0.25) is 0 Å². The number of rotatable bonds is 4. The number of hydrogen-bond donors (Lipinski definition) is 2. The first-order chi connectivity index (χ1) is 9.40. The van der Waals surface area contributed by atoms with Crippen molar-refractivity contribution >= 4 is 11.6 Å². The van der Waals surface area contributed by atoms with Crippen LogP contribution in [0.25, 0.3) is 0 Å². The minimum absolute atomic E-state index is 0.0268. The molecule has 0 spiro atoms. The van der Waals surface area contributed by atoms with E-state index in [0.29, 0.717) is 6.04 Å². The highest BCUT2D eigenvalue weighted by molar-refractivity contribution is 5.92. The molecular formula is C13H12F3N3O. The molecule has 1 aromatic carbocycles. The Hall–Kier alpha value is -2.07. The number of alkyl halides is 3. The number of anilines is 1. The minimum atomic E-state index is -4.63. The van der Waals surface area contributed by atoms with Gasteiger partial charge in [-0.25, -0.2) is 0 Å².